The number of aliphatic hydroxyl groups excluding tert-OH is 5. The monoisotopic (exact) mass is 330 g/mol. The molecule has 3 aliphatic rings. The molecule has 10 heteroatoms. The van der Waals surface area contributed by atoms with E-state index in [2.05, 4.69) is 0 Å². The van der Waals surface area contributed by atoms with E-state index in [0.29, 0.717) is 19.8 Å². The van der Waals surface area contributed by atoms with Gasteiger partial charge in [0, 0.05) is 11.8 Å². The second-order valence-electron chi connectivity index (χ2n) is 5.36. The van der Waals surface area contributed by atoms with Crippen molar-refractivity contribution in [3.63, 3.8) is 0 Å². The Kier molecular flexibility index (Phi) is 7.86. The van der Waals surface area contributed by atoms with E-state index in [4.69, 9.17) is 44.2 Å². The Balaban J connectivity index is 0.000000210. The van der Waals surface area contributed by atoms with Crippen molar-refractivity contribution < 1.29 is 44.2 Å². The molecule has 0 radical (unpaired) electrons. The molecule has 0 aromatic rings. The van der Waals surface area contributed by atoms with Crippen molar-refractivity contribution >= 4 is 8.60 Å². The Hall–Kier alpha value is 0.0700. The first-order valence-electron chi connectivity index (χ1n) is 6.43. The Bertz CT molecular complexity index is 267. The predicted molar refractivity (Wildman–Crippen MR) is 70.8 cm³/mol. The lowest BCUT2D eigenvalue weighted by atomic mass is 9.87. The largest absolute Gasteiger partial charge is 0.396 e. The van der Waals surface area contributed by atoms with Crippen LogP contribution >= 0.6 is 8.60 Å². The van der Waals surface area contributed by atoms with Crippen LogP contribution in [0.4, 0.5) is 0 Å². The highest BCUT2D eigenvalue weighted by Crippen LogP contribution is 2.52. The predicted octanol–water partition coefficient (Wildman–Crippen LogP) is -2.08. The summed E-state index contributed by atoms with van der Waals surface area (Å²) in [4.78, 5) is 0. The van der Waals surface area contributed by atoms with Crippen LogP contribution in [0.2, 0.25) is 0 Å². The molecule has 3 heterocycles. The fourth-order valence-electron chi connectivity index (χ4n) is 1.67. The number of aliphatic hydroxyl groups is 6. The normalized spacial score (nSPS) is 28.4. The van der Waals surface area contributed by atoms with Gasteiger partial charge >= 0.3 is 8.60 Å². The van der Waals surface area contributed by atoms with Crippen LogP contribution in [-0.4, -0.2) is 83.2 Å². The smallest absolute Gasteiger partial charge is 0.332 e. The van der Waals surface area contributed by atoms with Crippen LogP contribution in [0, 0.1) is 10.8 Å². The molecule has 0 spiro atoms. The van der Waals surface area contributed by atoms with Crippen molar-refractivity contribution in [2.45, 2.75) is 12.7 Å². The molecule has 0 aliphatic carbocycles. The third-order valence-corrected chi connectivity index (χ3v) is 4.41. The molecule has 0 aromatic carbocycles. The van der Waals surface area contributed by atoms with Crippen LogP contribution in [-0.2, 0) is 13.6 Å². The highest BCUT2D eigenvalue weighted by atomic mass is 31.2. The summed E-state index contributed by atoms with van der Waals surface area (Å²) < 4.78 is 15.4. The van der Waals surface area contributed by atoms with Crippen molar-refractivity contribution in [3.8, 4) is 0 Å². The van der Waals surface area contributed by atoms with Gasteiger partial charge in [0.2, 0.25) is 0 Å². The molecular formula is C11H23O9P. The SMILES string of the molecule is OCC(CO)(CO)CC(O)O.OCC12COP(OC1)OC2. The number of fused-ring (bicyclic) bond motifs is 3. The summed E-state index contributed by atoms with van der Waals surface area (Å²) in [6.07, 6.45) is -1.86. The van der Waals surface area contributed by atoms with Crippen LogP contribution in [0.1, 0.15) is 6.42 Å². The fraction of sp³-hybridized carbons (Fsp3) is 1.00. The maximum absolute atomic E-state index is 8.93. The Morgan fingerprint density at radius 3 is 1.52 bits per heavy atom. The van der Waals surface area contributed by atoms with Gasteiger partial charge in [-0.3, -0.25) is 0 Å². The van der Waals surface area contributed by atoms with Gasteiger partial charge in [-0.05, 0) is 0 Å². The molecule has 2 bridgehead atoms. The lowest BCUT2D eigenvalue weighted by Gasteiger charge is -2.42. The Morgan fingerprint density at radius 2 is 1.33 bits per heavy atom. The maximum Gasteiger partial charge on any atom is 0.332 e. The summed E-state index contributed by atoms with van der Waals surface area (Å²) in [7, 11) is -1.05. The Labute approximate surface area is 123 Å². The van der Waals surface area contributed by atoms with Crippen LogP contribution in [0.15, 0.2) is 0 Å². The van der Waals surface area contributed by atoms with Crippen molar-refractivity contribution in [2.24, 2.45) is 10.8 Å². The molecule has 3 fully saturated rings. The third-order valence-electron chi connectivity index (χ3n) is 3.39. The molecule has 0 aromatic heterocycles. The molecule has 9 nitrogen and oxygen atoms in total. The van der Waals surface area contributed by atoms with Gasteiger partial charge in [-0.25, -0.2) is 0 Å². The molecule has 21 heavy (non-hydrogen) atoms. The second-order valence-corrected chi connectivity index (χ2v) is 6.58. The third kappa shape index (κ3) is 5.33. The van der Waals surface area contributed by atoms with E-state index >= 15 is 0 Å². The van der Waals surface area contributed by atoms with Crippen molar-refractivity contribution in [1.29, 1.82) is 0 Å². The minimum absolute atomic E-state index is 0.0795. The van der Waals surface area contributed by atoms with Gasteiger partial charge in [-0.1, -0.05) is 0 Å². The summed E-state index contributed by atoms with van der Waals surface area (Å²) in [5.74, 6) is 0. The van der Waals surface area contributed by atoms with E-state index in [-0.39, 0.29) is 18.4 Å². The van der Waals surface area contributed by atoms with E-state index < -0.39 is 40.1 Å². The highest BCUT2D eigenvalue weighted by Gasteiger charge is 2.44. The molecule has 3 aliphatic heterocycles. The average Bonchev–Trinajstić information content (AvgIpc) is 2.55. The van der Waals surface area contributed by atoms with Gasteiger partial charge in [-0.2, -0.15) is 0 Å². The van der Waals surface area contributed by atoms with Gasteiger partial charge in [0.25, 0.3) is 0 Å². The standard InChI is InChI=1S/C6H14O5.C5H9O4P/c7-2-6(3-8,4-9)1-5(10)11;6-1-5-2-7-10(8-3-5)9-4-5/h5,7-11H,1-4H2;6H,1-4H2. The van der Waals surface area contributed by atoms with Crippen molar-refractivity contribution in [3.05, 3.63) is 0 Å². The van der Waals surface area contributed by atoms with Crippen molar-refractivity contribution in [1.82, 2.24) is 0 Å². The van der Waals surface area contributed by atoms with Gasteiger partial charge in [0.05, 0.1) is 51.7 Å². The molecule has 0 atom stereocenters. The molecule has 126 valence electrons. The lowest BCUT2D eigenvalue weighted by molar-refractivity contribution is -0.106. The number of rotatable bonds is 6. The van der Waals surface area contributed by atoms with Crippen LogP contribution in [0.25, 0.3) is 0 Å². The first-order valence-corrected chi connectivity index (χ1v) is 7.53. The quantitative estimate of drug-likeness (QED) is 0.238. The van der Waals surface area contributed by atoms with E-state index in [1.54, 1.807) is 0 Å². The molecule has 3 rings (SSSR count). The van der Waals surface area contributed by atoms with Crippen molar-refractivity contribution in [2.75, 3.05) is 46.2 Å². The summed E-state index contributed by atoms with van der Waals surface area (Å²) >= 11 is 0. The molecule has 0 unspecified atom stereocenters. The highest BCUT2D eigenvalue weighted by molar-refractivity contribution is 7.41. The minimum atomic E-state index is -1.62. The molecular weight excluding hydrogens is 307 g/mol. The van der Waals surface area contributed by atoms with E-state index in [1.165, 1.54) is 0 Å². The number of hydrogen-bond donors (Lipinski definition) is 6. The fourth-order valence-corrected chi connectivity index (χ4v) is 3.04. The summed E-state index contributed by atoms with van der Waals surface area (Å²) in [5.41, 5.74) is -1.45. The van der Waals surface area contributed by atoms with Crippen LogP contribution in [0.5, 0.6) is 0 Å². The number of hydrogen-bond acceptors (Lipinski definition) is 9. The lowest BCUT2D eigenvalue weighted by Crippen LogP contribution is -2.46. The minimum Gasteiger partial charge on any atom is -0.396 e. The first kappa shape index (κ1) is 19.1. The summed E-state index contributed by atoms with van der Waals surface area (Å²) in [6, 6.07) is 0. The van der Waals surface area contributed by atoms with E-state index in [9.17, 15) is 0 Å². The zero-order chi connectivity index (χ0) is 15.9. The summed E-state index contributed by atoms with van der Waals surface area (Å²) in [5, 5.41) is 52.0. The maximum atomic E-state index is 8.93. The first-order chi connectivity index (χ1) is 9.94. The zero-order valence-electron chi connectivity index (χ0n) is 11.6. The molecule has 3 saturated heterocycles. The molecule has 6 N–H and O–H groups in total. The molecule has 0 amide bonds. The van der Waals surface area contributed by atoms with Crippen LogP contribution < -0.4 is 0 Å². The average molecular weight is 330 g/mol. The Morgan fingerprint density at radius 1 is 0.905 bits per heavy atom. The van der Waals surface area contributed by atoms with E-state index in [1.807, 2.05) is 0 Å². The van der Waals surface area contributed by atoms with Gasteiger partial charge in [0.15, 0.2) is 6.29 Å². The topological polar surface area (TPSA) is 149 Å². The van der Waals surface area contributed by atoms with Gasteiger partial charge in [0.1, 0.15) is 0 Å². The summed E-state index contributed by atoms with van der Waals surface area (Å²) in [6.45, 7) is 0.392. The van der Waals surface area contributed by atoms with Gasteiger partial charge in [-0.15, -0.1) is 0 Å². The van der Waals surface area contributed by atoms with E-state index in [0.717, 1.165) is 0 Å². The zero-order valence-corrected chi connectivity index (χ0v) is 12.5. The molecule has 0 saturated carbocycles. The van der Waals surface area contributed by atoms with Gasteiger partial charge < -0.3 is 44.2 Å². The van der Waals surface area contributed by atoms with Crippen LogP contribution in [0.3, 0.4) is 0 Å². The second kappa shape index (κ2) is 8.64.